The number of halogens is 24. The Balaban J connectivity index is -0.000000187. The van der Waals surface area contributed by atoms with E-state index in [0.29, 0.717) is 49.3 Å². The van der Waals surface area contributed by atoms with Gasteiger partial charge in [0.25, 0.3) is 0 Å². The largest absolute Gasteiger partial charge is 0.516 e. The van der Waals surface area contributed by atoms with E-state index >= 15 is 0 Å². The lowest BCUT2D eigenvalue weighted by Crippen LogP contribution is -2.33. The van der Waals surface area contributed by atoms with Gasteiger partial charge in [0.2, 0.25) is 20.0 Å². The van der Waals surface area contributed by atoms with Crippen LogP contribution in [-0.4, -0.2) is 123 Å². The summed E-state index contributed by atoms with van der Waals surface area (Å²) in [6, 6.07) is 12.6. The Kier molecular flexibility index (Phi) is 57.1. The van der Waals surface area contributed by atoms with Gasteiger partial charge in [-0.3, -0.25) is 12.5 Å². The molecule has 0 bridgehead atoms. The second-order valence-electron chi connectivity index (χ2n) is 16.0. The van der Waals surface area contributed by atoms with E-state index < -0.39 is 200 Å². The monoisotopic (exact) mass is 2160 g/mol. The van der Waals surface area contributed by atoms with Gasteiger partial charge in [0.1, 0.15) is 18.1 Å². The highest BCUT2D eigenvalue weighted by Gasteiger charge is 2.50. The number of rotatable bonds is 33. The van der Waals surface area contributed by atoms with Crippen molar-refractivity contribution in [2.75, 3.05) is 33.2 Å². The van der Waals surface area contributed by atoms with Crippen LogP contribution in [0.5, 0.6) is 11.5 Å². The average Bonchev–Trinajstić information content (AvgIpc) is 0.818. The minimum absolute atomic E-state index is 0.0139. The number of alkyl halides is 3. The summed E-state index contributed by atoms with van der Waals surface area (Å²) >= 11 is 0. The number of nitrogens with one attached hydrogen (secondary N) is 10. The summed E-state index contributed by atoms with van der Waals surface area (Å²) in [7, 11) is -106. The standard InChI is InChI=1S/C7H8F2NO4PS.C6H6F2NO4PS.C3H5F2NO4PS.C3H4F2NO4PS.C2H6F2NO4PS.C2H4F2NO3PS.CHF5NO3PS.CH4F2NO4PS.CH4F2NO3PS.F3HNO3PS/c1-6-2-4-7(5-3-6)14-16(12,13)10-15(8,9)11;7-14(8,10)9-15(11,12)13-6-4-2-1-3-5-6;2*1-2-3-10-12(8,9)6-11(4,5)7;1-2-9-11(7,8)5-10(3,4)6;1-2-10(7,8)5-9(3,4)6;2-1(3,4)12(9,10)7-11(5,6)8;1-8-10(6,7)4-9(2,3)5;1-9(6,7)4-8(2,3)5;1-8(2,5)4-9(3,6)7/h2-5H,1H3,(H,10,11);1-5H,(H,9,10);1-2H,3H2,(H,6,7);1H,3H2,(H,6,7);2H2,1H3,(H,5,6);2H,1H2,(H,5,6);(H,7,8);1H3,(H,4,5);1H3,(H,4,5);(H,4,5)/q;;-1;;;;;;;. The Hall–Kier alpha value is -3.36. The van der Waals surface area contributed by atoms with Crippen LogP contribution in [-0.2, 0) is 165 Å². The molecule has 0 spiro atoms. The molecule has 0 radical (unpaired) electrons. The summed E-state index contributed by atoms with van der Waals surface area (Å²) in [5, 5.41) is 0.249. The molecule has 2 aromatic rings. The first-order chi connectivity index (χ1) is 50.2. The first-order valence-electron chi connectivity index (χ1n) is 23.8. The van der Waals surface area contributed by atoms with Crippen LogP contribution in [0.4, 0.5) is 101 Å². The zero-order chi connectivity index (χ0) is 95.2. The number of terminal acetylenes is 1. The van der Waals surface area contributed by atoms with Gasteiger partial charge < -0.3 is 14.9 Å². The van der Waals surface area contributed by atoms with Gasteiger partial charge in [-0.05, 0) is 38.1 Å². The van der Waals surface area contributed by atoms with Crippen LogP contribution in [0.15, 0.2) is 72.7 Å². The first-order valence-corrected chi connectivity index (χ1v) is 53.4. The fourth-order valence-electron chi connectivity index (χ4n) is 3.35. The third kappa shape index (κ3) is 103. The lowest BCUT2D eigenvalue weighted by atomic mass is 10.2. The van der Waals surface area contributed by atoms with E-state index in [9.17, 15) is 226 Å². The molecule has 0 aliphatic carbocycles. The predicted octanol–water partition coefficient (Wildman–Crippen LogP) is 11.0. The third-order valence-corrected chi connectivity index (χ3v) is 27.8. The lowest BCUT2D eigenvalue weighted by Gasteiger charge is -2.06. The van der Waals surface area contributed by atoms with Crippen molar-refractivity contribution in [3.05, 3.63) is 84.8 Å². The summed E-state index contributed by atoms with van der Waals surface area (Å²) in [6.07, 6.45) is 5.87. The predicted molar refractivity (Wildman–Crippen MR) is 349 cm³/mol. The van der Waals surface area contributed by atoms with Crippen LogP contribution >= 0.6 is 79.1 Å². The lowest BCUT2D eigenvalue weighted by molar-refractivity contribution is -0.0443. The van der Waals surface area contributed by atoms with Crippen molar-refractivity contribution in [3.8, 4) is 23.8 Å². The maximum absolute atomic E-state index is 12.0. The second-order valence-corrected chi connectivity index (χ2v) is 44.7. The van der Waals surface area contributed by atoms with Crippen LogP contribution < -0.4 is 53.3 Å². The Bertz CT molecular complexity index is 5230. The van der Waals surface area contributed by atoms with Gasteiger partial charge in [0, 0.05) is 5.41 Å². The number of hydrogen-bond acceptors (Lipinski definition) is 36. The van der Waals surface area contributed by atoms with Crippen LogP contribution in [0.3, 0.4) is 0 Å². The minimum atomic E-state index is -6.44. The Morgan fingerprint density at radius 3 is 0.897 bits per heavy atom. The number of para-hydroxylation sites is 1. The highest BCUT2D eigenvalue weighted by molar-refractivity contribution is 7.97. The van der Waals surface area contributed by atoms with Crippen LogP contribution in [0, 0.1) is 25.8 Å². The topological polar surface area (TPSA) is 688 Å². The van der Waals surface area contributed by atoms with E-state index in [1.165, 1.54) is 55.5 Å². The average molecular weight is 2160 g/mol. The Morgan fingerprint density at radius 1 is 0.422 bits per heavy atom. The van der Waals surface area contributed by atoms with Gasteiger partial charge in [-0.25, -0.2) is 81.2 Å². The molecule has 0 amide bonds. The fourth-order valence-corrected chi connectivity index (χ4v) is 17.9. The van der Waals surface area contributed by atoms with Crippen molar-refractivity contribution in [1.29, 1.82) is 0 Å². The first kappa shape index (κ1) is 128. The van der Waals surface area contributed by atoms with Crippen molar-refractivity contribution in [2.45, 2.75) is 19.4 Å². The molecule has 0 aliphatic heterocycles. The normalized spacial score (nSPS) is 13.1. The maximum atomic E-state index is 12.0. The van der Waals surface area contributed by atoms with E-state index in [0.717, 1.165) is 11.6 Å². The molecular formula is C26H43F24N10O36P10S10-. The minimum Gasteiger partial charge on any atom is -0.516 e. The molecule has 0 aliphatic rings. The number of aryl methyl sites for hydroxylation is 1. The van der Waals surface area contributed by atoms with Crippen molar-refractivity contribution in [3.63, 3.8) is 0 Å². The SMILES string of the molecule is C#CCOS(=O)(=O)NP(=O)(F)F.C=CS(=O)(=O)NP(=O)(F)F.CCOS(=O)(=O)NP(=O)(F)F.COS(=O)(=O)NP(=O)(F)F.CS(=O)(=O)NP(=O)(F)F.Cc1ccc(OS(=O)(=O)NP(=O)(F)F)cc1.O=P(F)(F)NS(=O)(=O)C(F)(F)F.O=P(F)(F)NS(=O)(=O)F.O=P(F)(F)NS(=O)(=O)Oc1ccccc1.[CH-]=CCOS(=O)(=O)NP(=O)(F)F. The van der Waals surface area contributed by atoms with Crippen molar-refractivity contribution >= 4 is 181 Å². The van der Waals surface area contributed by atoms with Crippen molar-refractivity contribution < 1.29 is 256 Å². The fraction of sp³-hybridized carbons (Fsp3) is 0.308. The molecule has 0 atom stereocenters. The van der Waals surface area contributed by atoms with Crippen molar-refractivity contribution in [2.24, 2.45) is 0 Å². The van der Waals surface area contributed by atoms with E-state index in [1.54, 1.807) is 18.9 Å². The molecule has 0 heterocycles. The number of benzene rings is 2. The molecule has 0 aromatic heterocycles. The highest BCUT2D eigenvalue weighted by Crippen LogP contribution is 2.51. The maximum Gasteiger partial charge on any atom is 0.512 e. The van der Waals surface area contributed by atoms with Gasteiger partial charge in [0.05, 0.1) is 26.6 Å². The molecule has 0 fully saturated rings. The van der Waals surface area contributed by atoms with Crippen LogP contribution in [0.2, 0.25) is 0 Å². The van der Waals surface area contributed by atoms with E-state index in [2.05, 4.69) is 38.1 Å². The molecular weight excluding hydrogens is 2110 g/mol. The molecule has 2 aromatic carbocycles. The molecule has 692 valence electrons. The second kappa shape index (κ2) is 51.7. The Labute approximate surface area is 639 Å². The summed E-state index contributed by atoms with van der Waals surface area (Å²) in [4.78, 5) is 0. The van der Waals surface area contributed by atoms with Gasteiger partial charge in [-0.15, -0.1) is 104 Å². The molecule has 46 nitrogen and oxygen atoms in total. The quantitative estimate of drug-likeness (QED) is 0.0104. The van der Waals surface area contributed by atoms with Gasteiger partial charge in [-0.1, -0.05) is 83.7 Å². The molecule has 0 unspecified atom stereocenters. The van der Waals surface area contributed by atoms with E-state index in [4.69, 9.17) is 11.1 Å². The van der Waals surface area contributed by atoms with Gasteiger partial charge in [0.15, 0.2) is 0 Å². The Morgan fingerprint density at radius 2 is 0.698 bits per heavy atom. The van der Waals surface area contributed by atoms with Gasteiger partial charge in [-0.2, -0.15) is 72.1 Å². The zero-order valence-corrected chi connectivity index (χ0v) is 71.3. The molecule has 0 saturated carbocycles. The van der Waals surface area contributed by atoms with Crippen LogP contribution in [0.1, 0.15) is 12.5 Å². The molecule has 0 saturated heterocycles. The van der Waals surface area contributed by atoms with E-state index in [-0.39, 0.29) is 32.5 Å². The highest BCUT2D eigenvalue weighted by atomic mass is 32.3. The van der Waals surface area contributed by atoms with Crippen LogP contribution in [0.25, 0.3) is 0 Å². The summed E-state index contributed by atoms with van der Waals surface area (Å²) in [5.74, 6) is 1.43. The summed E-state index contributed by atoms with van der Waals surface area (Å²) in [6.45, 7) is 8.89. The number of hydrogen-bond donors (Lipinski definition) is 10. The third-order valence-electron chi connectivity index (χ3n) is 6.07. The van der Waals surface area contributed by atoms with Crippen molar-refractivity contribution in [1.82, 2.24) is 44.9 Å². The van der Waals surface area contributed by atoms with Gasteiger partial charge >= 0.3 is 167 Å². The summed E-state index contributed by atoms with van der Waals surface area (Å²) in [5.41, 5.74) is -5.04. The molecule has 90 heteroatoms. The van der Waals surface area contributed by atoms with E-state index in [1.807, 2.05) is 0 Å². The smallest absolute Gasteiger partial charge is 0.512 e. The molecule has 10 N–H and O–H groups in total. The number of sulfonamides is 3. The zero-order valence-electron chi connectivity index (χ0n) is 54.2. The molecule has 2 rings (SSSR count). The summed E-state index contributed by atoms with van der Waals surface area (Å²) < 4.78 is 602. The molecule has 116 heavy (non-hydrogen) atoms.